The van der Waals surface area contributed by atoms with Gasteiger partial charge in [-0.1, -0.05) is 0 Å². The Hall–Kier alpha value is 0.720. The molecular weight excluding hydrogens is 160 g/mol. The second kappa shape index (κ2) is 3.21. The zero-order chi connectivity index (χ0) is 7.65. The van der Waals surface area contributed by atoms with E-state index in [2.05, 4.69) is 0 Å². The maximum Gasteiger partial charge on any atom is 0.279 e. The lowest BCUT2D eigenvalue weighted by Crippen LogP contribution is -2.07. The van der Waals surface area contributed by atoms with Crippen LogP contribution < -0.4 is 0 Å². The fraction of sp³-hybridized carbons (Fsp3) is 1.00. The molecule has 56 valence electrons. The summed E-state index contributed by atoms with van der Waals surface area (Å²) < 4.78 is 25.5. The van der Waals surface area contributed by atoms with Gasteiger partial charge in [-0.05, 0) is 42.5 Å². The molecule has 0 atom stereocenters. The van der Waals surface area contributed by atoms with Crippen molar-refractivity contribution in [2.75, 3.05) is 26.7 Å². The van der Waals surface area contributed by atoms with Gasteiger partial charge in [-0.2, -0.15) is 8.78 Å². The summed E-state index contributed by atoms with van der Waals surface area (Å²) in [6, 6.07) is 0. The van der Waals surface area contributed by atoms with Crippen LogP contribution in [0.2, 0.25) is 0 Å². The Morgan fingerprint density at radius 2 is 1.11 bits per heavy atom. The van der Waals surface area contributed by atoms with Crippen molar-refractivity contribution in [2.24, 2.45) is 0 Å². The zero-order valence-electron chi connectivity index (χ0n) is 6.15. The molecule has 0 aliphatic carbocycles. The van der Waals surface area contributed by atoms with Gasteiger partial charge >= 0.3 is 0 Å². The predicted octanol–water partition coefficient (Wildman–Crippen LogP) is 3.02. The highest BCUT2D eigenvalue weighted by molar-refractivity contribution is 7.75. The highest BCUT2D eigenvalue weighted by Gasteiger charge is 2.36. The summed E-state index contributed by atoms with van der Waals surface area (Å²) in [5.41, 5.74) is 0. The highest BCUT2D eigenvalue weighted by Crippen LogP contribution is 2.62. The number of alkyl halides is 2. The van der Waals surface area contributed by atoms with Crippen LogP contribution in [0.25, 0.3) is 0 Å². The fourth-order valence-electron chi connectivity index (χ4n) is 0.400. The van der Waals surface area contributed by atoms with Gasteiger partial charge in [-0.15, -0.1) is 0 Å². The third kappa shape index (κ3) is 2.43. The van der Waals surface area contributed by atoms with Crippen molar-refractivity contribution in [3.05, 3.63) is 0 Å². The van der Waals surface area contributed by atoms with Crippen LogP contribution >= 0.6 is 15.8 Å². The highest BCUT2D eigenvalue weighted by atomic mass is 31.2. The van der Waals surface area contributed by atoms with E-state index in [1.165, 1.54) is 0 Å². The average Bonchev–Trinajstić information content (AvgIpc) is 1.65. The van der Waals surface area contributed by atoms with E-state index < -0.39 is 21.2 Å². The first-order valence-corrected chi connectivity index (χ1v) is 7.09. The molecule has 0 N–H and O–H groups in total. The minimum Gasteiger partial charge on any atom is -0.197 e. The van der Waals surface area contributed by atoms with Crippen LogP contribution in [-0.2, 0) is 0 Å². The summed E-state index contributed by atoms with van der Waals surface area (Å²) in [6.07, 6.45) is 0. The van der Waals surface area contributed by atoms with Crippen LogP contribution in [0.1, 0.15) is 0 Å². The van der Waals surface area contributed by atoms with Crippen LogP contribution in [-0.4, -0.2) is 32.1 Å². The van der Waals surface area contributed by atoms with Crippen LogP contribution in [0.15, 0.2) is 0 Å². The molecule has 0 nitrogen and oxygen atoms in total. The molecule has 0 aromatic rings. The van der Waals surface area contributed by atoms with E-state index >= 15 is 0 Å². The van der Waals surface area contributed by atoms with Gasteiger partial charge in [0.1, 0.15) is 0 Å². The largest absolute Gasteiger partial charge is 0.279 e. The molecule has 0 aliphatic rings. The standard InChI is InChI=1S/C5H12F2P2/c1-8(2)5(6,7)9(3)4/h1-4H3. The molecule has 0 amide bonds. The lowest BCUT2D eigenvalue weighted by molar-refractivity contribution is 0.198. The fourth-order valence-corrected chi connectivity index (χ4v) is 3.60. The van der Waals surface area contributed by atoms with Gasteiger partial charge in [0, 0.05) is 0 Å². The Kier molecular flexibility index (Phi) is 3.47. The molecule has 0 bridgehead atoms. The average molecular weight is 172 g/mol. The van der Waals surface area contributed by atoms with Crippen LogP contribution in [0.3, 0.4) is 0 Å². The molecule has 0 heterocycles. The molecule has 0 saturated carbocycles. The smallest absolute Gasteiger partial charge is 0.197 e. The second-order valence-corrected chi connectivity index (χ2v) is 7.35. The minimum absolute atomic E-state index is 1.09. The van der Waals surface area contributed by atoms with E-state index in [9.17, 15) is 8.78 Å². The summed E-state index contributed by atoms with van der Waals surface area (Å²) in [5, 5.41) is -2.37. The lowest BCUT2D eigenvalue weighted by Gasteiger charge is -2.24. The Bertz CT molecular complexity index is 81.0. The Balaban J connectivity index is 4.01. The molecule has 0 fully saturated rings. The van der Waals surface area contributed by atoms with Crippen LogP contribution in [0, 0.1) is 0 Å². The van der Waals surface area contributed by atoms with E-state index in [0.717, 1.165) is 0 Å². The van der Waals surface area contributed by atoms with Crippen LogP contribution in [0.4, 0.5) is 8.78 Å². The number of rotatable bonds is 2. The van der Waals surface area contributed by atoms with Gasteiger partial charge in [-0.3, -0.25) is 0 Å². The maximum absolute atomic E-state index is 12.7. The molecule has 0 spiro atoms. The maximum atomic E-state index is 12.7. The Labute approximate surface area is 57.5 Å². The third-order valence-electron chi connectivity index (χ3n) is 1.08. The molecular formula is C5H12F2P2. The molecule has 0 radical (unpaired) electrons. The van der Waals surface area contributed by atoms with Gasteiger partial charge in [0.2, 0.25) is 0 Å². The van der Waals surface area contributed by atoms with E-state index in [0.29, 0.717) is 0 Å². The number of hydrogen-bond acceptors (Lipinski definition) is 0. The number of halogens is 2. The van der Waals surface area contributed by atoms with E-state index in [4.69, 9.17) is 0 Å². The summed E-state index contributed by atoms with van der Waals surface area (Å²) in [4.78, 5) is 0. The SMILES string of the molecule is CP(C)C(F)(F)P(C)C. The topological polar surface area (TPSA) is 0 Å². The third-order valence-corrected chi connectivity index (χ3v) is 5.63. The summed E-state index contributed by atoms with van der Waals surface area (Å²) in [6.45, 7) is 6.49. The van der Waals surface area contributed by atoms with Crippen molar-refractivity contribution in [3.63, 3.8) is 0 Å². The lowest BCUT2D eigenvalue weighted by atomic mass is 11.6. The van der Waals surface area contributed by atoms with E-state index in [-0.39, 0.29) is 0 Å². The first-order valence-electron chi connectivity index (χ1n) is 2.61. The van der Waals surface area contributed by atoms with Crippen LogP contribution in [0.5, 0.6) is 0 Å². The monoisotopic (exact) mass is 172 g/mol. The Morgan fingerprint density at radius 1 is 0.889 bits per heavy atom. The molecule has 0 aliphatic heterocycles. The van der Waals surface area contributed by atoms with Gasteiger partial charge in [-0.25, -0.2) is 0 Å². The van der Waals surface area contributed by atoms with Crippen molar-refractivity contribution >= 4 is 15.8 Å². The first kappa shape index (κ1) is 9.72. The molecule has 0 rings (SSSR count). The van der Waals surface area contributed by atoms with Gasteiger partial charge in [0.05, 0.1) is 0 Å². The zero-order valence-corrected chi connectivity index (χ0v) is 7.94. The first-order chi connectivity index (χ1) is 3.89. The molecule has 0 saturated heterocycles. The van der Waals surface area contributed by atoms with Crippen molar-refractivity contribution in [2.45, 2.75) is 5.40 Å². The molecule has 0 aromatic carbocycles. The van der Waals surface area contributed by atoms with Crippen molar-refractivity contribution in [1.82, 2.24) is 0 Å². The predicted molar refractivity (Wildman–Crippen MR) is 42.5 cm³/mol. The Morgan fingerprint density at radius 3 is 1.11 bits per heavy atom. The summed E-state index contributed by atoms with van der Waals surface area (Å²) in [7, 11) is -2.18. The van der Waals surface area contributed by atoms with Gasteiger partial charge < -0.3 is 0 Å². The summed E-state index contributed by atoms with van der Waals surface area (Å²) >= 11 is 0. The van der Waals surface area contributed by atoms with Crippen molar-refractivity contribution in [1.29, 1.82) is 0 Å². The molecule has 4 heteroatoms. The number of hydrogen-bond donors (Lipinski definition) is 0. The minimum atomic E-state index is -2.37. The van der Waals surface area contributed by atoms with Gasteiger partial charge in [0.15, 0.2) is 0 Å². The second-order valence-electron chi connectivity index (χ2n) is 2.30. The molecule has 0 aromatic heterocycles. The summed E-state index contributed by atoms with van der Waals surface area (Å²) in [5.74, 6) is 0. The van der Waals surface area contributed by atoms with E-state index in [1.807, 2.05) is 0 Å². The van der Waals surface area contributed by atoms with Crippen molar-refractivity contribution in [3.8, 4) is 0 Å². The van der Waals surface area contributed by atoms with Crippen molar-refractivity contribution < 1.29 is 8.78 Å². The normalized spacial score (nSPS) is 13.3. The molecule has 0 unspecified atom stereocenters. The quantitative estimate of drug-likeness (QED) is 0.561. The van der Waals surface area contributed by atoms with E-state index in [1.54, 1.807) is 26.7 Å². The molecule has 9 heavy (non-hydrogen) atoms. The van der Waals surface area contributed by atoms with Gasteiger partial charge in [0.25, 0.3) is 5.40 Å².